The maximum atomic E-state index is 11.4. The first-order valence-electron chi connectivity index (χ1n) is 6.57. The summed E-state index contributed by atoms with van der Waals surface area (Å²) in [5, 5.41) is 5.14. The smallest absolute Gasteiger partial charge is 0.229 e. The van der Waals surface area contributed by atoms with Crippen LogP contribution >= 0.6 is 0 Å². The molecule has 0 saturated carbocycles. The van der Waals surface area contributed by atoms with E-state index < -0.39 is 0 Å². The van der Waals surface area contributed by atoms with Crippen LogP contribution in [-0.4, -0.2) is 38.6 Å². The summed E-state index contributed by atoms with van der Waals surface area (Å²) < 4.78 is 10.5. The minimum atomic E-state index is -0.338. The fraction of sp³-hybridized carbons (Fsp3) is 0.333. The molecule has 21 heavy (non-hydrogen) atoms. The molecule has 0 spiro atoms. The van der Waals surface area contributed by atoms with Gasteiger partial charge in [0.05, 0.1) is 13.7 Å². The number of carbonyl (C=O) groups is 2. The Hall–Kier alpha value is -2.50. The average molecular weight is 292 g/mol. The van der Waals surface area contributed by atoms with Crippen LogP contribution in [0.5, 0.6) is 11.5 Å². The number of amides is 2. The van der Waals surface area contributed by atoms with Crippen LogP contribution in [-0.2, 0) is 9.59 Å². The van der Waals surface area contributed by atoms with Gasteiger partial charge in [-0.25, -0.2) is 0 Å². The van der Waals surface area contributed by atoms with Crippen molar-refractivity contribution in [2.75, 3.05) is 26.8 Å². The number of hydrogen-bond acceptors (Lipinski definition) is 4. The lowest BCUT2D eigenvalue weighted by molar-refractivity contribution is -0.129. The molecule has 0 radical (unpaired) electrons. The molecule has 6 heteroatoms. The number of benzene rings is 1. The molecule has 0 atom stereocenters. The molecule has 0 aromatic heterocycles. The fourth-order valence-electron chi connectivity index (χ4n) is 1.49. The van der Waals surface area contributed by atoms with Crippen LogP contribution < -0.4 is 20.1 Å². The van der Waals surface area contributed by atoms with E-state index in [2.05, 4.69) is 17.2 Å². The van der Waals surface area contributed by atoms with Crippen molar-refractivity contribution in [3.05, 3.63) is 36.9 Å². The minimum absolute atomic E-state index is 0.198. The molecule has 1 aromatic carbocycles. The predicted molar refractivity (Wildman–Crippen MR) is 79.3 cm³/mol. The van der Waals surface area contributed by atoms with Gasteiger partial charge < -0.3 is 20.1 Å². The molecule has 1 aromatic rings. The van der Waals surface area contributed by atoms with Crippen LogP contribution in [0.2, 0.25) is 0 Å². The molecule has 1 rings (SSSR count). The highest BCUT2D eigenvalue weighted by Crippen LogP contribution is 2.16. The van der Waals surface area contributed by atoms with E-state index in [9.17, 15) is 9.59 Å². The van der Waals surface area contributed by atoms with Gasteiger partial charge in [-0.2, -0.15) is 0 Å². The van der Waals surface area contributed by atoms with E-state index in [1.54, 1.807) is 37.5 Å². The number of nitrogens with one attached hydrogen (secondary N) is 2. The van der Waals surface area contributed by atoms with Gasteiger partial charge in [0.25, 0.3) is 0 Å². The SMILES string of the molecule is C=CCNC(=O)CC(=O)NCCOc1ccc(OC)cc1. The van der Waals surface area contributed by atoms with Crippen molar-refractivity contribution in [1.82, 2.24) is 10.6 Å². The lowest BCUT2D eigenvalue weighted by Gasteiger charge is -2.08. The second-order valence-corrected chi connectivity index (χ2v) is 4.14. The zero-order valence-corrected chi connectivity index (χ0v) is 12.1. The van der Waals surface area contributed by atoms with Crippen LogP contribution in [0.1, 0.15) is 6.42 Å². The highest BCUT2D eigenvalue weighted by molar-refractivity contribution is 5.96. The number of ether oxygens (including phenoxy) is 2. The van der Waals surface area contributed by atoms with Gasteiger partial charge in [0.1, 0.15) is 24.5 Å². The Labute approximate surface area is 124 Å². The fourth-order valence-corrected chi connectivity index (χ4v) is 1.49. The third-order valence-electron chi connectivity index (χ3n) is 2.52. The second-order valence-electron chi connectivity index (χ2n) is 4.14. The van der Waals surface area contributed by atoms with Gasteiger partial charge in [0.2, 0.25) is 11.8 Å². The van der Waals surface area contributed by atoms with Crippen molar-refractivity contribution in [3.8, 4) is 11.5 Å². The molecule has 0 aliphatic carbocycles. The molecule has 2 amide bonds. The molecule has 2 N–H and O–H groups in total. The summed E-state index contributed by atoms with van der Waals surface area (Å²) in [5.74, 6) is 0.772. The molecule has 0 fully saturated rings. The molecule has 114 valence electrons. The quantitative estimate of drug-likeness (QED) is 0.402. The lowest BCUT2D eigenvalue weighted by Crippen LogP contribution is -2.33. The van der Waals surface area contributed by atoms with E-state index in [1.807, 2.05) is 0 Å². The summed E-state index contributed by atoms with van der Waals surface area (Å²) in [6, 6.07) is 7.14. The van der Waals surface area contributed by atoms with Crippen molar-refractivity contribution in [2.24, 2.45) is 0 Å². The van der Waals surface area contributed by atoms with E-state index >= 15 is 0 Å². The van der Waals surface area contributed by atoms with E-state index in [0.717, 1.165) is 5.75 Å². The van der Waals surface area contributed by atoms with Crippen molar-refractivity contribution in [1.29, 1.82) is 0 Å². The molecular formula is C15H20N2O4. The third kappa shape index (κ3) is 7.00. The van der Waals surface area contributed by atoms with Crippen LogP contribution in [0.4, 0.5) is 0 Å². The normalized spacial score (nSPS) is 9.57. The Morgan fingerprint density at radius 2 is 1.76 bits per heavy atom. The number of carbonyl (C=O) groups excluding carboxylic acids is 2. The van der Waals surface area contributed by atoms with Crippen LogP contribution in [0.25, 0.3) is 0 Å². The molecule has 0 aliphatic rings. The zero-order valence-electron chi connectivity index (χ0n) is 12.1. The molecule has 0 aliphatic heterocycles. The Morgan fingerprint density at radius 3 is 2.38 bits per heavy atom. The van der Waals surface area contributed by atoms with Crippen molar-refractivity contribution < 1.29 is 19.1 Å². The number of methoxy groups -OCH3 is 1. The van der Waals surface area contributed by atoms with Gasteiger partial charge in [0, 0.05) is 6.54 Å². The molecule has 6 nitrogen and oxygen atoms in total. The first-order valence-corrected chi connectivity index (χ1v) is 6.57. The largest absolute Gasteiger partial charge is 0.497 e. The van der Waals surface area contributed by atoms with Gasteiger partial charge in [-0.05, 0) is 24.3 Å². The maximum Gasteiger partial charge on any atom is 0.229 e. The Morgan fingerprint density at radius 1 is 1.14 bits per heavy atom. The number of rotatable bonds is 9. The maximum absolute atomic E-state index is 11.4. The van der Waals surface area contributed by atoms with Crippen LogP contribution in [0.15, 0.2) is 36.9 Å². The summed E-state index contributed by atoms with van der Waals surface area (Å²) in [6.07, 6.45) is 1.36. The van der Waals surface area contributed by atoms with Crippen molar-refractivity contribution >= 4 is 11.8 Å². The lowest BCUT2D eigenvalue weighted by atomic mass is 10.3. The predicted octanol–water partition coefficient (Wildman–Crippen LogP) is 0.882. The van der Waals surface area contributed by atoms with Crippen molar-refractivity contribution in [3.63, 3.8) is 0 Å². The standard InChI is InChI=1S/C15H20N2O4/c1-3-8-16-14(18)11-15(19)17-9-10-21-13-6-4-12(20-2)5-7-13/h3-7H,1,8-11H2,2H3,(H,16,18)(H,17,19). The van der Waals surface area contributed by atoms with Gasteiger partial charge in [0.15, 0.2) is 0 Å². The van der Waals surface area contributed by atoms with E-state index in [1.165, 1.54) is 0 Å². The van der Waals surface area contributed by atoms with E-state index in [4.69, 9.17) is 9.47 Å². The molecule has 0 heterocycles. The van der Waals surface area contributed by atoms with Crippen LogP contribution in [0.3, 0.4) is 0 Å². The Balaban J connectivity index is 2.16. The van der Waals surface area contributed by atoms with Crippen molar-refractivity contribution in [2.45, 2.75) is 6.42 Å². The molecule has 0 unspecified atom stereocenters. The Bertz CT molecular complexity index is 471. The Kier molecular flexibility index (Phi) is 7.42. The number of hydrogen-bond donors (Lipinski definition) is 2. The highest BCUT2D eigenvalue weighted by Gasteiger charge is 2.07. The summed E-state index contributed by atoms with van der Waals surface area (Å²) in [5.41, 5.74) is 0. The van der Waals surface area contributed by atoms with Gasteiger partial charge in [-0.3, -0.25) is 9.59 Å². The summed E-state index contributed by atoms with van der Waals surface area (Å²) >= 11 is 0. The monoisotopic (exact) mass is 292 g/mol. The molecule has 0 saturated heterocycles. The summed E-state index contributed by atoms with van der Waals surface area (Å²) in [7, 11) is 1.59. The average Bonchev–Trinajstić information content (AvgIpc) is 2.50. The molecule has 0 bridgehead atoms. The zero-order chi connectivity index (χ0) is 15.5. The van der Waals surface area contributed by atoms with E-state index in [0.29, 0.717) is 25.4 Å². The first kappa shape index (κ1) is 16.6. The topological polar surface area (TPSA) is 76.7 Å². The highest BCUT2D eigenvalue weighted by atomic mass is 16.5. The molecular weight excluding hydrogens is 272 g/mol. The summed E-state index contributed by atoms with van der Waals surface area (Å²) in [6.45, 7) is 4.48. The first-order chi connectivity index (χ1) is 10.2. The van der Waals surface area contributed by atoms with Gasteiger partial charge in [-0.15, -0.1) is 6.58 Å². The van der Waals surface area contributed by atoms with Crippen LogP contribution in [0, 0.1) is 0 Å². The van der Waals surface area contributed by atoms with Gasteiger partial charge in [-0.1, -0.05) is 6.08 Å². The summed E-state index contributed by atoms with van der Waals surface area (Å²) in [4.78, 5) is 22.7. The third-order valence-corrected chi connectivity index (χ3v) is 2.52. The second kappa shape index (κ2) is 9.41. The van der Waals surface area contributed by atoms with Gasteiger partial charge >= 0.3 is 0 Å². The van der Waals surface area contributed by atoms with E-state index in [-0.39, 0.29) is 18.2 Å². The minimum Gasteiger partial charge on any atom is -0.497 e.